The number of aromatic nitrogens is 1. The van der Waals surface area contributed by atoms with Gasteiger partial charge in [0.1, 0.15) is 6.61 Å². The number of pyridine rings is 1. The molecule has 1 aromatic rings. The van der Waals surface area contributed by atoms with E-state index in [9.17, 15) is 4.79 Å². The van der Waals surface area contributed by atoms with Crippen molar-refractivity contribution in [1.82, 2.24) is 4.98 Å². The summed E-state index contributed by atoms with van der Waals surface area (Å²) < 4.78 is 5.04. The van der Waals surface area contributed by atoms with Gasteiger partial charge in [0.25, 0.3) is 0 Å². The van der Waals surface area contributed by atoms with E-state index in [0.29, 0.717) is 13.2 Å². The van der Waals surface area contributed by atoms with E-state index in [1.807, 2.05) is 6.07 Å². The maximum atomic E-state index is 10.4. The Kier molecular flexibility index (Phi) is 6.56. The van der Waals surface area contributed by atoms with Crippen LogP contribution in [0.25, 0.3) is 0 Å². The predicted octanol–water partition coefficient (Wildman–Crippen LogP) is 0.817. The lowest BCUT2D eigenvalue weighted by molar-refractivity contribution is -0.122. The fourth-order valence-electron chi connectivity index (χ4n) is 1.34. The Morgan fingerprint density at radius 3 is 2.61 bits per heavy atom. The van der Waals surface area contributed by atoms with Crippen molar-refractivity contribution in [3.8, 4) is 0 Å². The molecule has 0 saturated heterocycles. The van der Waals surface area contributed by atoms with Crippen LogP contribution in [0, 0.1) is 0 Å². The summed E-state index contributed by atoms with van der Waals surface area (Å²) in [7, 11) is 0. The van der Waals surface area contributed by atoms with Crippen LogP contribution in [0.2, 0.25) is 0 Å². The number of nitrogens with two attached hydrogens (primary N) is 1. The first-order valence-electron chi connectivity index (χ1n) is 6.01. The number of carbonyl (C=O) groups is 1. The van der Waals surface area contributed by atoms with Crippen molar-refractivity contribution in [2.75, 3.05) is 36.9 Å². The van der Waals surface area contributed by atoms with Gasteiger partial charge in [-0.1, -0.05) is 6.92 Å². The third-order valence-corrected chi connectivity index (χ3v) is 2.14. The van der Waals surface area contributed by atoms with Crippen LogP contribution < -0.4 is 16.4 Å². The van der Waals surface area contributed by atoms with Crippen molar-refractivity contribution in [3.05, 3.63) is 18.5 Å². The Bertz CT molecular complexity index is 371. The lowest BCUT2D eigenvalue weighted by Crippen LogP contribution is -2.20. The number of rotatable bonds is 9. The summed E-state index contributed by atoms with van der Waals surface area (Å²) in [5.41, 5.74) is 6.85. The second kappa shape index (κ2) is 8.30. The van der Waals surface area contributed by atoms with Crippen molar-refractivity contribution >= 4 is 17.3 Å². The average Bonchev–Trinajstić information content (AvgIpc) is 2.36. The molecule has 0 aliphatic rings. The Hall–Kier alpha value is -1.82. The molecular weight excluding hydrogens is 232 g/mol. The van der Waals surface area contributed by atoms with Gasteiger partial charge in [0.15, 0.2) is 0 Å². The molecule has 6 heteroatoms. The summed E-state index contributed by atoms with van der Waals surface area (Å²) in [6.07, 6.45) is 4.59. The van der Waals surface area contributed by atoms with E-state index >= 15 is 0 Å². The Labute approximate surface area is 107 Å². The maximum Gasteiger partial charge on any atom is 0.243 e. The largest absolute Gasteiger partial charge is 0.384 e. The zero-order chi connectivity index (χ0) is 13.2. The summed E-state index contributed by atoms with van der Waals surface area (Å²) in [6, 6.07) is 1.98. The van der Waals surface area contributed by atoms with Gasteiger partial charge < -0.3 is 21.1 Å². The highest BCUT2D eigenvalue weighted by Gasteiger charge is 1.97. The lowest BCUT2D eigenvalue weighted by atomic mass is 10.3. The smallest absolute Gasteiger partial charge is 0.243 e. The van der Waals surface area contributed by atoms with E-state index in [2.05, 4.69) is 22.5 Å². The molecule has 0 fully saturated rings. The van der Waals surface area contributed by atoms with Crippen LogP contribution in [0.1, 0.15) is 13.3 Å². The zero-order valence-corrected chi connectivity index (χ0v) is 10.6. The van der Waals surface area contributed by atoms with Crippen molar-refractivity contribution < 1.29 is 9.53 Å². The molecule has 0 atom stereocenters. The third kappa shape index (κ3) is 6.05. The summed E-state index contributed by atoms with van der Waals surface area (Å²) in [6.45, 7) is 4.02. The molecule has 1 aromatic heterocycles. The van der Waals surface area contributed by atoms with E-state index in [4.69, 9.17) is 10.5 Å². The SMILES string of the molecule is CCCNc1cncc(NCCOCC(N)=O)c1. The molecule has 0 aromatic carbocycles. The third-order valence-electron chi connectivity index (χ3n) is 2.14. The van der Waals surface area contributed by atoms with Gasteiger partial charge in [0, 0.05) is 13.1 Å². The molecule has 0 radical (unpaired) electrons. The van der Waals surface area contributed by atoms with Crippen molar-refractivity contribution in [2.45, 2.75) is 13.3 Å². The summed E-state index contributed by atoms with van der Waals surface area (Å²) in [5, 5.41) is 6.41. The first-order valence-corrected chi connectivity index (χ1v) is 6.01. The summed E-state index contributed by atoms with van der Waals surface area (Å²) in [5.74, 6) is -0.456. The molecule has 0 aliphatic heterocycles. The van der Waals surface area contributed by atoms with Crippen molar-refractivity contribution in [1.29, 1.82) is 0 Å². The van der Waals surface area contributed by atoms with Gasteiger partial charge in [-0.2, -0.15) is 0 Å². The first kappa shape index (κ1) is 14.2. The summed E-state index contributed by atoms with van der Waals surface area (Å²) in [4.78, 5) is 14.6. The van der Waals surface area contributed by atoms with Gasteiger partial charge in [-0.15, -0.1) is 0 Å². The zero-order valence-electron chi connectivity index (χ0n) is 10.6. The molecule has 1 heterocycles. The minimum atomic E-state index is -0.456. The predicted molar refractivity (Wildman–Crippen MR) is 71.5 cm³/mol. The number of primary amides is 1. The van der Waals surface area contributed by atoms with E-state index in [1.165, 1.54) is 0 Å². The lowest BCUT2D eigenvalue weighted by Gasteiger charge is -2.09. The standard InChI is InChI=1S/C12H20N4O2/c1-2-3-15-10-6-11(8-14-7-10)16-4-5-18-9-12(13)17/h6-8,15-16H,2-5,9H2,1H3,(H2,13,17). The molecule has 0 bridgehead atoms. The Morgan fingerprint density at radius 2 is 2.00 bits per heavy atom. The Balaban J connectivity index is 2.26. The van der Waals surface area contributed by atoms with E-state index in [0.717, 1.165) is 24.3 Å². The fraction of sp³-hybridized carbons (Fsp3) is 0.500. The van der Waals surface area contributed by atoms with Gasteiger partial charge in [-0.3, -0.25) is 9.78 Å². The number of hydrogen-bond acceptors (Lipinski definition) is 5. The number of nitrogens with one attached hydrogen (secondary N) is 2. The number of anilines is 2. The molecule has 1 rings (SSSR count). The number of nitrogens with zero attached hydrogens (tertiary/aromatic N) is 1. The normalized spacial score (nSPS) is 10.1. The van der Waals surface area contributed by atoms with Gasteiger partial charge in [0.05, 0.1) is 30.4 Å². The summed E-state index contributed by atoms with van der Waals surface area (Å²) >= 11 is 0. The average molecular weight is 252 g/mol. The molecule has 0 saturated carbocycles. The highest BCUT2D eigenvalue weighted by atomic mass is 16.5. The topological polar surface area (TPSA) is 89.3 Å². The van der Waals surface area contributed by atoms with Gasteiger partial charge in [0.2, 0.25) is 5.91 Å². The second-order valence-electron chi connectivity index (χ2n) is 3.83. The van der Waals surface area contributed by atoms with Crippen LogP contribution in [0.5, 0.6) is 0 Å². The van der Waals surface area contributed by atoms with E-state index in [1.54, 1.807) is 12.4 Å². The minimum absolute atomic E-state index is 0.0436. The molecule has 100 valence electrons. The van der Waals surface area contributed by atoms with Gasteiger partial charge >= 0.3 is 0 Å². The van der Waals surface area contributed by atoms with E-state index < -0.39 is 5.91 Å². The second-order valence-corrected chi connectivity index (χ2v) is 3.83. The highest BCUT2D eigenvalue weighted by molar-refractivity contribution is 5.74. The van der Waals surface area contributed by atoms with Gasteiger partial charge in [-0.05, 0) is 12.5 Å². The molecule has 6 nitrogen and oxygen atoms in total. The molecule has 0 spiro atoms. The number of amides is 1. The van der Waals surface area contributed by atoms with Crippen LogP contribution >= 0.6 is 0 Å². The van der Waals surface area contributed by atoms with Crippen LogP contribution in [-0.4, -0.2) is 37.2 Å². The molecule has 0 aliphatic carbocycles. The number of hydrogen-bond donors (Lipinski definition) is 3. The van der Waals surface area contributed by atoms with Crippen LogP contribution in [0.15, 0.2) is 18.5 Å². The maximum absolute atomic E-state index is 10.4. The molecule has 1 amide bonds. The molecular formula is C12H20N4O2. The van der Waals surface area contributed by atoms with Crippen molar-refractivity contribution in [3.63, 3.8) is 0 Å². The highest BCUT2D eigenvalue weighted by Crippen LogP contribution is 2.12. The van der Waals surface area contributed by atoms with Crippen molar-refractivity contribution in [2.24, 2.45) is 5.73 Å². The van der Waals surface area contributed by atoms with E-state index in [-0.39, 0.29) is 6.61 Å². The fourth-order valence-corrected chi connectivity index (χ4v) is 1.34. The van der Waals surface area contributed by atoms with Crippen LogP contribution in [0.3, 0.4) is 0 Å². The molecule has 18 heavy (non-hydrogen) atoms. The molecule has 4 N–H and O–H groups in total. The van der Waals surface area contributed by atoms with Crippen LogP contribution in [-0.2, 0) is 9.53 Å². The van der Waals surface area contributed by atoms with Crippen LogP contribution in [0.4, 0.5) is 11.4 Å². The molecule has 0 unspecified atom stereocenters. The first-order chi connectivity index (χ1) is 8.72. The quantitative estimate of drug-likeness (QED) is 0.566. The minimum Gasteiger partial charge on any atom is -0.384 e. The Morgan fingerprint density at radius 1 is 1.33 bits per heavy atom. The number of ether oxygens (including phenoxy) is 1. The monoisotopic (exact) mass is 252 g/mol. The van der Waals surface area contributed by atoms with Gasteiger partial charge in [-0.25, -0.2) is 0 Å². The number of carbonyl (C=O) groups excluding carboxylic acids is 1.